The summed E-state index contributed by atoms with van der Waals surface area (Å²) in [6, 6.07) is 0. The molecule has 0 radical (unpaired) electrons. The number of ether oxygens (including phenoxy) is 1. The molecule has 0 spiro atoms. The third-order valence-electron chi connectivity index (χ3n) is 3.06. The zero-order valence-corrected chi connectivity index (χ0v) is 13.0. The lowest BCUT2D eigenvalue weighted by Gasteiger charge is -2.10. The van der Waals surface area contributed by atoms with Crippen molar-refractivity contribution in [1.29, 1.82) is 0 Å². The number of nitrogens with zero attached hydrogens (tertiary/aromatic N) is 3. The van der Waals surface area contributed by atoms with Gasteiger partial charge in [-0.3, -0.25) is 4.68 Å². The second-order valence-electron chi connectivity index (χ2n) is 5.04. The van der Waals surface area contributed by atoms with Crippen molar-refractivity contribution < 1.29 is 9.53 Å². The van der Waals surface area contributed by atoms with Gasteiger partial charge in [0.15, 0.2) is 0 Å². The maximum absolute atomic E-state index is 11.8. The summed E-state index contributed by atoms with van der Waals surface area (Å²) in [5, 5.41) is 7.48. The first-order valence-corrected chi connectivity index (χ1v) is 7.09. The molecule has 0 aliphatic carbocycles. The van der Waals surface area contributed by atoms with Crippen molar-refractivity contribution in [3.63, 3.8) is 0 Å². The highest BCUT2D eigenvalue weighted by Crippen LogP contribution is 2.09. The van der Waals surface area contributed by atoms with Gasteiger partial charge in [-0.15, -0.1) is 0 Å². The molecule has 0 saturated heterocycles. The van der Waals surface area contributed by atoms with Crippen molar-refractivity contribution in [3.8, 4) is 0 Å². The number of rotatable bonds is 9. The largest absolute Gasteiger partial charge is 0.462 e. The monoisotopic (exact) mass is 282 g/mol. The van der Waals surface area contributed by atoms with Gasteiger partial charge in [-0.25, -0.2) is 4.79 Å². The molecule has 0 aliphatic rings. The lowest BCUT2D eigenvalue weighted by molar-refractivity contribution is 0.0524. The van der Waals surface area contributed by atoms with Gasteiger partial charge < -0.3 is 15.0 Å². The zero-order valence-electron chi connectivity index (χ0n) is 13.0. The Balaban J connectivity index is 2.39. The van der Waals surface area contributed by atoms with Gasteiger partial charge in [0.05, 0.1) is 18.5 Å². The molecule has 0 aliphatic heterocycles. The summed E-state index contributed by atoms with van der Waals surface area (Å²) in [5.41, 5.74) is 1.42. The highest BCUT2D eigenvalue weighted by molar-refractivity contribution is 5.90. The Morgan fingerprint density at radius 1 is 1.45 bits per heavy atom. The van der Waals surface area contributed by atoms with E-state index in [4.69, 9.17) is 4.74 Å². The van der Waals surface area contributed by atoms with Crippen LogP contribution in [0.4, 0.5) is 0 Å². The minimum absolute atomic E-state index is 0.301. The molecule has 114 valence electrons. The molecule has 6 heteroatoms. The lowest BCUT2D eigenvalue weighted by Crippen LogP contribution is -2.21. The number of esters is 1. The number of aromatic nitrogens is 2. The van der Waals surface area contributed by atoms with Crippen molar-refractivity contribution in [1.82, 2.24) is 20.0 Å². The summed E-state index contributed by atoms with van der Waals surface area (Å²) in [5.74, 6) is -0.301. The normalized spacial score (nSPS) is 11.1. The first-order valence-electron chi connectivity index (χ1n) is 7.09. The van der Waals surface area contributed by atoms with E-state index in [1.54, 1.807) is 17.8 Å². The predicted molar refractivity (Wildman–Crippen MR) is 78.7 cm³/mol. The van der Waals surface area contributed by atoms with E-state index in [0.717, 1.165) is 31.6 Å². The molecule has 0 bridgehead atoms. The SMILES string of the molecule is CCOC(=O)c1cnn(C)c1CNCCCCN(C)C. The van der Waals surface area contributed by atoms with Crippen molar-refractivity contribution in [3.05, 3.63) is 17.5 Å². The van der Waals surface area contributed by atoms with E-state index in [1.165, 1.54) is 0 Å². The first kappa shape index (κ1) is 16.7. The summed E-state index contributed by atoms with van der Waals surface area (Å²) >= 11 is 0. The van der Waals surface area contributed by atoms with Crippen molar-refractivity contribution in [2.45, 2.75) is 26.3 Å². The number of hydrogen-bond donors (Lipinski definition) is 1. The van der Waals surface area contributed by atoms with E-state index in [9.17, 15) is 4.79 Å². The molecular weight excluding hydrogens is 256 g/mol. The van der Waals surface area contributed by atoms with Crippen LogP contribution in [-0.2, 0) is 18.3 Å². The molecule has 1 rings (SSSR count). The molecule has 0 unspecified atom stereocenters. The first-order chi connectivity index (χ1) is 9.56. The second kappa shape index (κ2) is 8.71. The molecule has 0 fully saturated rings. The van der Waals surface area contributed by atoms with Crippen LogP contribution in [0.2, 0.25) is 0 Å². The topological polar surface area (TPSA) is 59.4 Å². The number of nitrogens with one attached hydrogen (secondary N) is 1. The molecule has 1 aromatic rings. The highest BCUT2D eigenvalue weighted by atomic mass is 16.5. The third kappa shape index (κ3) is 5.30. The smallest absolute Gasteiger partial charge is 0.341 e. The summed E-state index contributed by atoms with van der Waals surface area (Å²) in [6.07, 6.45) is 3.85. The van der Waals surface area contributed by atoms with Crippen molar-refractivity contribution >= 4 is 5.97 Å². The molecule has 20 heavy (non-hydrogen) atoms. The van der Waals surface area contributed by atoms with Crippen LogP contribution < -0.4 is 5.32 Å². The van der Waals surface area contributed by atoms with Crippen LogP contribution in [0, 0.1) is 0 Å². The van der Waals surface area contributed by atoms with Crippen LogP contribution >= 0.6 is 0 Å². The number of hydrogen-bond acceptors (Lipinski definition) is 5. The summed E-state index contributed by atoms with van der Waals surface area (Å²) in [6.45, 7) is 4.84. The third-order valence-corrected chi connectivity index (χ3v) is 3.06. The van der Waals surface area contributed by atoms with Crippen LogP contribution in [0.1, 0.15) is 35.8 Å². The average molecular weight is 282 g/mol. The number of unbranched alkanes of at least 4 members (excludes halogenated alkanes) is 1. The highest BCUT2D eigenvalue weighted by Gasteiger charge is 2.16. The van der Waals surface area contributed by atoms with E-state index >= 15 is 0 Å². The zero-order chi connectivity index (χ0) is 15.0. The number of carbonyl (C=O) groups excluding carboxylic acids is 1. The molecule has 0 aromatic carbocycles. The Labute approximate surface area is 121 Å². The minimum Gasteiger partial charge on any atom is -0.462 e. The van der Waals surface area contributed by atoms with Gasteiger partial charge in [-0.1, -0.05) is 0 Å². The molecule has 1 heterocycles. The van der Waals surface area contributed by atoms with Gasteiger partial charge in [-0.2, -0.15) is 5.10 Å². The standard InChI is InChI=1S/C14H26N4O2/c1-5-20-14(19)12-10-16-18(4)13(12)11-15-8-6-7-9-17(2)3/h10,15H,5-9,11H2,1-4H3. The fourth-order valence-electron chi connectivity index (χ4n) is 1.94. The molecule has 1 N–H and O–H groups in total. The van der Waals surface area contributed by atoms with Crippen molar-refractivity contribution in [2.24, 2.45) is 7.05 Å². The molecule has 1 aromatic heterocycles. The van der Waals surface area contributed by atoms with E-state index in [1.807, 2.05) is 7.05 Å². The minimum atomic E-state index is -0.301. The molecule has 6 nitrogen and oxygen atoms in total. The maximum Gasteiger partial charge on any atom is 0.341 e. The van der Waals surface area contributed by atoms with Crippen LogP contribution in [-0.4, -0.2) is 54.4 Å². The van der Waals surface area contributed by atoms with Gasteiger partial charge in [0, 0.05) is 13.6 Å². The Morgan fingerprint density at radius 2 is 2.20 bits per heavy atom. The Kier molecular flexibility index (Phi) is 7.25. The van der Waals surface area contributed by atoms with E-state index in [-0.39, 0.29) is 5.97 Å². The lowest BCUT2D eigenvalue weighted by atomic mass is 10.2. The molecular formula is C14H26N4O2. The molecule has 0 amide bonds. The average Bonchev–Trinajstić information content (AvgIpc) is 2.75. The van der Waals surface area contributed by atoms with E-state index in [2.05, 4.69) is 29.4 Å². The van der Waals surface area contributed by atoms with Gasteiger partial charge in [0.2, 0.25) is 0 Å². The van der Waals surface area contributed by atoms with Crippen LogP contribution in [0.3, 0.4) is 0 Å². The molecule has 0 saturated carbocycles. The summed E-state index contributed by atoms with van der Waals surface area (Å²) in [7, 11) is 6.00. The fourth-order valence-corrected chi connectivity index (χ4v) is 1.94. The van der Waals surface area contributed by atoms with E-state index in [0.29, 0.717) is 18.7 Å². The van der Waals surface area contributed by atoms with Crippen LogP contribution in [0.15, 0.2) is 6.20 Å². The van der Waals surface area contributed by atoms with Gasteiger partial charge in [0.1, 0.15) is 5.56 Å². The predicted octanol–water partition coefficient (Wildman–Crippen LogP) is 1.03. The Hall–Kier alpha value is -1.40. The maximum atomic E-state index is 11.8. The van der Waals surface area contributed by atoms with Crippen LogP contribution in [0.25, 0.3) is 0 Å². The van der Waals surface area contributed by atoms with Gasteiger partial charge in [-0.05, 0) is 47.0 Å². The quantitative estimate of drug-likeness (QED) is 0.541. The summed E-state index contributed by atoms with van der Waals surface area (Å²) in [4.78, 5) is 14.0. The van der Waals surface area contributed by atoms with E-state index < -0.39 is 0 Å². The second-order valence-corrected chi connectivity index (χ2v) is 5.04. The van der Waals surface area contributed by atoms with Gasteiger partial charge >= 0.3 is 5.97 Å². The Bertz CT molecular complexity index is 415. The van der Waals surface area contributed by atoms with Crippen molar-refractivity contribution in [2.75, 3.05) is 33.8 Å². The molecule has 0 atom stereocenters. The number of aryl methyl sites for hydroxylation is 1. The van der Waals surface area contributed by atoms with Gasteiger partial charge in [0.25, 0.3) is 0 Å². The Morgan fingerprint density at radius 3 is 2.85 bits per heavy atom. The number of carbonyl (C=O) groups is 1. The fraction of sp³-hybridized carbons (Fsp3) is 0.714. The summed E-state index contributed by atoms with van der Waals surface area (Å²) < 4.78 is 6.75. The van der Waals surface area contributed by atoms with Crippen LogP contribution in [0.5, 0.6) is 0 Å².